The van der Waals surface area contributed by atoms with Gasteiger partial charge in [0, 0.05) is 18.0 Å². The number of hydrogen-bond donors (Lipinski definition) is 1. The molecule has 2 rings (SSSR count). The monoisotopic (exact) mass is 333 g/mol. The van der Waals surface area contributed by atoms with Crippen molar-refractivity contribution in [3.05, 3.63) is 40.0 Å². The van der Waals surface area contributed by atoms with E-state index >= 15 is 0 Å². The van der Waals surface area contributed by atoms with E-state index in [2.05, 4.69) is 78.2 Å². The van der Waals surface area contributed by atoms with Gasteiger partial charge in [0.15, 0.2) is 5.82 Å². The standard InChI is InChI=1S/C16H20BrN3/c1-10-6-8-11(9-7-10)14-19-13(16(2,3)4)12(17)15(18-5)20-14/h6-9H,1-5H3,(H,18,19,20). The molecule has 20 heavy (non-hydrogen) atoms. The summed E-state index contributed by atoms with van der Waals surface area (Å²) in [5, 5.41) is 3.13. The summed E-state index contributed by atoms with van der Waals surface area (Å²) in [7, 11) is 1.87. The van der Waals surface area contributed by atoms with Crippen LogP contribution in [0.4, 0.5) is 5.82 Å². The van der Waals surface area contributed by atoms with Crippen molar-refractivity contribution in [1.82, 2.24) is 9.97 Å². The van der Waals surface area contributed by atoms with Crippen molar-refractivity contribution in [2.75, 3.05) is 12.4 Å². The molecule has 1 aromatic carbocycles. The van der Waals surface area contributed by atoms with Gasteiger partial charge in [-0.25, -0.2) is 9.97 Å². The van der Waals surface area contributed by atoms with Gasteiger partial charge in [-0.1, -0.05) is 50.6 Å². The Morgan fingerprint density at radius 3 is 2.15 bits per heavy atom. The van der Waals surface area contributed by atoms with Gasteiger partial charge >= 0.3 is 0 Å². The Labute approximate surface area is 129 Å². The van der Waals surface area contributed by atoms with Crippen molar-refractivity contribution >= 4 is 21.7 Å². The summed E-state index contributed by atoms with van der Waals surface area (Å²) in [6, 6.07) is 8.28. The fourth-order valence-corrected chi connectivity index (χ4v) is 2.91. The number of halogens is 1. The van der Waals surface area contributed by atoms with Crippen LogP contribution in [0.2, 0.25) is 0 Å². The van der Waals surface area contributed by atoms with Crippen molar-refractivity contribution in [2.24, 2.45) is 0 Å². The van der Waals surface area contributed by atoms with Crippen LogP contribution in [0, 0.1) is 6.92 Å². The summed E-state index contributed by atoms with van der Waals surface area (Å²) < 4.78 is 0.934. The molecule has 2 aromatic rings. The highest BCUT2D eigenvalue weighted by Crippen LogP contribution is 2.34. The Hall–Kier alpha value is -1.42. The Balaban J connectivity index is 2.63. The Morgan fingerprint density at radius 2 is 1.65 bits per heavy atom. The van der Waals surface area contributed by atoms with Gasteiger partial charge in [-0.3, -0.25) is 0 Å². The maximum atomic E-state index is 4.75. The number of aromatic nitrogens is 2. The number of rotatable bonds is 2. The van der Waals surface area contributed by atoms with Crippen LogP contribution in [0.15, 0.2) is 28.7 Å². The van der Waals surface area contributed by atoms with Crippen LogP contribution in [0.1, 0.15) is 32.0 Å². The molecule has 0 aliphatic rings. The zero-order chi connectivity index (χ0) is 14.9. The number of anilines is 1. The highest BCUT2D eigenvalue weighted by Gasteiger charge is 2.23. The molecule has 0 saturated heterocycles. The number of nitrogens with one attached hydrogen (secondary N) is 1. The molecule has 0 radical (unpaired) electrons. The van der Waals surface area contributed by atoms with E-state index in [1.807, 2.05) is 7.05 Å². The molecular weight excluding hydrogens is 314 g/mol. The molecule has 1 aromatic heterocycles. The first kappa shape index (κ1) is 15.0. The Morgan fingerprint density at radius 1 is 1.05 bits per heavy atom. The first-order chi connectivity index (χ1) is 9.32. The van der Waals surface area contributed by atoms with E-state index in [0.717, 1.165) is 27.4 Å². The molecule has 0 aliphatic heterocycles. The topological polar surface area (TPSA) is 37.8 Å². The van der Waals surface area contributed by atoms with Crippen molar-refractivity contribution < 1.29 is 0 Å². The zero-order valence-corrected chi connectivity index (χ0v) is 14.2. The minimum absolute atomic E-state index is 0.0488. The lowest BCUT2D eigenvalue weighted by Gasteiger charge is -2.21. The largest absolute Gasteiger partial charge is 0.372 e. The molecule has 0 unspecified atom stereocenters. The molecule has 0 aliphatic carbocycles. The van der Waals surface area contributed by atoms with Crippen molar-refractivity contribution in [2.45, 2.75) is 33.1 Å². The highest BCUT2D eigenvalue weighted by molar-refractivity contribution is 9.10. The summed E-state index contributed by atoms with van der Waals surface area (Å²) in [6.07, 6.45) is 0. The fourth-order valence-electron chi connectivity index (χ4n) is 1.94. The molecule has 0 amide bonds. The van der Waals surface area contributed by atoms with Crippen LogP contribution in [0.3, 0.4) is 0 Å². The van der Waals surface area contributed by atoms with Crippen LogP contribution in [-0.4, -0.2) is 17.0 Å². The molecule has 106 valence electrons. The molecule has 3 nitrogen and oxygen atoms in total. The van der Waals surface area contributed by atoms with E-state index in [1.54, 1.807) is 0 Å². The van der Waals surface area contributed by atoms with Crippen LogP contribution in [-0.2, 0) is 5.41 Å². The Kier molecular flexibility index (Phi) is 4.14. The van der Waals surface area contributed by atoms with Crippen molar-refractivity contribution in [3.8, 4) is 11.4 Å². The number of hydrogen-bond acceptors (Lipinski definition) is 3. The molecule has 1 N–H and O–H groups in total. The summed E-state index contributed by atoms with van der Waals surface area (Å²) in [5.74, 6) is 1.57. The minimum atomic E-state index is -0.0488. The van der Waals surface area contributed by atoms with Gasteiger partial charge in [0.25, 0.3) is 0 Å². The Bertz CT molecular complexity index is 613. The van der Waals surface area contributed by atoms with Gasteiger partial charge in [-0.15, -0.1) is 0 Å². The quantitative estimate of drug-likeness (QED) is 0.875. The second kappa shape index (κ2) is 5.52. The van der Waals surface area contributed by atoms with Crippen molar-refractivity contribution in [3.63, 3.8) is 0 Å². The van der Waals surface area contributed by atoms with E-state index in [-0.39, 0.29) is 5.41 Å². The van der Waals surface area contributed by atoms with E-state index in [4.69, 9.17) is 4.98 Å². The zero-order valence-electron chi connectivity index (χ0n) is 12.6. The molecule has 0 bridgehead atoms. The third-order valence-corrected chi connectivity index (χ3v) is 3.86. The third-order valence-electron chi connectivity index (χ3n) is 3.11. The van der Waals surface area contributed by atoms with Crippen LogP contribution >= 0.6 is 15.9 Å². The molecular formula is C16H20BrN3. The lowest BCUT2D eigenvalue weighted by molar-refractivity contribution is 0.564. The first-order valence-electron chi connectivity index (χ1n) is 6.65. The van der Waals surface area contributed by atoms with Crippen LogP contribution < -0.4 is 5.32 Å². The van der Waals surface area contributed by atoms with E-state index in [9.17, 15) is 0 Å². The summed E-state index contributed by atoms with van der Waals surface area (Å²) >= 11 is 3.61. The number of nitrogens with zero attached hydrogens (tertiary/aromatic N) is 2. The van der Waals surface area contributed by atoms with E-state index < -0.39 is 0 Å². The predicted molar refractivity (Wildman–Crippen MR) is 88.2 cm³/mol. The third kappa shape index (κ3) is 3.01. The summed E-state index contributed by atoms with van der Waals surface area (Å²) in [6.45, 7) is 8.53. The molecule has 0 spiro atoms. The maximum absolute atomic E-state index is 4.75. The maximum Gasteiger partial charge on any atom is 0.161 e. The minimum Gasteiger partial charge on any atom is -0.372 e. The second-order valence-electron chi connectivity index (χ2n) is 5.92. The first-order valence-corrected chi connectivity index (χ1v) is 7.45. The van der Waals surface area contributed by atoms with Gasteiger partial charge in [-0.2, -0.15) is 0 Å². The average molecular weight is 334 g/mol. The summed E-state index contributed by atoms with van der Waals surface area (Å²) in [4.78, 5) is 9.35. The predicted octanol–water partition coefficient (Wildman–Crippen LogP) is 4.55. The molecule has 4 heteroatoms. The van der Waals surface area contributed by atoms with Gasteiger partial charge in [0.05, 0.1) is 10.2 Å². The second-order valence-corrected chi connectivity index (χ2v) is 6.72. The van der Waals surface area contributed by atoms with Gasteiger partial charge < -0.3 is 5.32 Å². The molecule has 1 heterocycles. The van der Waals surface area contributed by atoms with Gasteiger partial charge in [-0.05, 0) is 22.9 Å². The number of benzene rings is 1. The average Bonchev–Trinajstić information content (AvgIpc) is 2.38. The van der Waals surface area contributed by atoms with E-state index in [1.165, 1.54) is 5.56 Å². The lowest BCUT2D eigenvalue weighted by atomic mass is 9.91. The molecule has 0 atom stereocenters. The molecule has 0 saturated carbocycles. The highest BCUT2D eigenvalue weighted by atomic mass is 79.9. The van der Waals surface area contributed by atoms with Gasteiger partial charge in [0.2, 0.25) is 0 Å². The van der Waals surface area contributed by atoms with E-state index in [0.29, 0.717) is 0 Å². The smallest absolute Gasteiger partial charge is 0.161 e. The lowest BCUT2D eigenvalue weighted by Crippen LogP contribution is -2.17. The fraction of sp³-hybridized carbons (Fsp3) is 0.375. The SMILES string of the molecule is CNc1nc(-c2ccc(C)cc2)nc(C(C)(C)C)c1Br. The number of aryl methyl sites for hydroxylation is 1. The summed E-state index contributed by atoms with van der Waals surface area (Å²) in [5.41, 5.74) is 3.22. The van der Waals surface area contributed by atoms with Crippen molar-refractivity contribution in [1.29, 1.82) is 0 Å². The molecule has 0 fully saturated rings. The van der Waals surface area contributed by atoms with Crippen LogP contribution in [0.5, 0.6) is 0 Å². The van der Waals surface area contributed by atoms with Gasteiger partial charge in [0.1, 0.15) is 5.82 Å². The van der Waals surface area contributed by atoms with Crippen LogP contribution in [0.25, 0.3) is 11.4 Å². The normalized spacial score (nSPS) is 11.5.